The van der Waals surface area contributed by atoms with Crippen molar-refractivity contribution in [2.24, 2.45) is 5.92 Å². The zero-order valence-electron chi connectivity index (χ0n) is 15.8. The van der Waals surface area contributed by atoms with E-state index in [1.807, 2.05) is 33.7 Å². The van der Waals surface area contributed by atoms with Gasteiger partial charge in [-0.3, -0.25) is 14.6 Å². The average molecular weight is 407 g/mol. The maximum absolute atomic E-state index is 13.0. The summed E-state index contributed by atoms with van der Waals surface area (Å²) in [5, 5.41) is 0. The minimum atomic E-state index is 0.000157. The molecule has 29 heavy (non-hydrogen) atoms. The van der Waals surface area contributed by atoms with E-state index < -0.39 is 0 Å². The van der Waals surface area contributed by atoms with E-state index in [1.165, 1.54) is 0 Å². The summed E-state index contributed by atoms with van der Waals surface area (Å²) in [7, 11) is 0. The summed E-state index contributed by atoms with van der Waals surface area (Å²) >= 11 is 1.54. The fourth-order valence-electron chi connectivity index (χ4n) is 4.41. The van der Waals surface area contributed by atoms with Gasteiger partial charge in [0, 0.05) is 60.9 Å². The van der Waals surface area contributed by atoms with Crippen LogP contribution in [0.4, 0.5) is 0 Å². The maximum Gasteiger partial charge on any atom is 0.261 e. The zero-order valence-corrected chi connectivity index (χ0v) is 16.6. The first-order chi connectivity index (χ1) is 14.2. The third kappa shape index (κ3) is 3.48. The molecule has 2 bridgehead atoms. The molecule has 1 amide bonds. The fourth-order valence-corrected chi connectivity index (χ4v) is 5.20. The number of carbonyl (C=O) groups is 1. The quantitative estimate of drug-likeness (QED) is 0.672. The Bertz CT molecular complexity index is 1080. The fraction of sp³-hybridized carbons (Fsp3) is 0.333. The van der Waals surface area contributed by atoms with E-state index in [0.717, 1.165) is 17.0 Å². The van der Waals surface area contributed by atoms with Crippen LogP contribution in [0.3, 0.4) is 0 Å². The Hall–Kier alpha value is -2.87. The van der Waals surface area contributed by atoms with Gasteiger partial charge in [0.1, 0.15) is 5.82 Å². The number of piperidine rings is 1. The topological polar surface area (TPSA) is 83.9 Å². The number of H-pyrrole nitrogens is 1. The van der Waals surface area contributed by atoms with Crippen molar-refractivity contribution in [2.75, 3.05) is 18.8 Å². The number of hydrogen-bond acceptors (Lipinski definition) is 5. The number of fused-ring (bicyclic) bond motifs is 4. The van der Waals surface area contributed by atoms with E-state index in [-0.39, 0.29) is 17.4 Å². The number of nitrogens with zero attached hydrogens (tertiary/aromatic N) is 4. The predicted octanol–water partition coefficient (Wildman–Crippen LogP) is 2.37. The van der Waals surface area contributed by atoms with Crippen molar-refractivity contribution in [3.05, 3.63) is 65.1 Å². The van der Waals surface area contributed by atoms with Crippen LogP contribution < -0.4 is 5.56 Å². The van der Waals surface area contributed by atoms with Crippen molar-refractivity contribution >= 4 is 17.7 Å². The molecule has 0 radical (unpaired) electrons. The van der Waals surface area contributed by atoms with Gasteiger partial charge in [-0.15, -0.1) is 11.8 Å². The lowest BCUT2D eigenvalue weighted by atomic mass is 9.83. The van der Waals surface area contributed by atoms with Crippen LogP contribution in [0.15, 0.2) is 58.7 Å². The average Bonchev–Trinajstić information content (AvgIpc) is 3.28. The Labute approximate surface area is 172 Å². The highest BCUT2D eigenvalue weighted by molar-refractivity contribution is 8.00. The molecule has 3 aromatic rings. The van der Waals surface area contributed by atoms with Crippen LogP contribution in [0.1, 0.15) is 18.0 Å². The molecule has 5 heterocycles. The molecule has 0 unspecified atom stereocenters. The normalized spacial score (nSPS) is 20.3. The van der Waals surface area contributed by atoms with Crippen molar-refractivity contribution < 1.29 is 4.79 Å². The standard InChI is InChI=1S/C21H21N5O2S/c27-19(13-29-16-3-5-22-6-4-16)25-10-14-9-15(12-25)18-2-1-17(20-23-7-8-24-20)21(28)26(18)11-14/h1-8,14-15H,9-13H2,(H,23,24)/t14-,15+/m0/s1. The minimum Gasteiger partial charge on any atom is -0.344 e. The van der Waals surface area contributed by atoms with Crippen molar-refractivity contribution in [2.45, 2.75) is 23.8 Å². The smallest absolute Gasteiger partial charge is 0.261 e. The number of aromatic amines is 1. The van der Waals surface area contributed by atoms with Gasteiger partial charge in [0.25, 0.3) is 5.56 Å². The second-order valence-electron chi connectivity index (χ2n) is 7.59. The highest BCUT2D eigenvalue weighted by atomic mass is 32.2. The molecular formula is C21H21N5O2S. The molecule has 1 saturated heterocycles. The Balaban J connectivity index is 1.34. The molecule has 1 N–H and O–H groups in total. The van der Waals surface area contributed by atoms with Crippen LogP contribution in [0.2, 0.25) is 0 Å². The number of aromatic nitrogens is 4. The molecule has 7 nitrogen and oxygen atoms in total. The van der Waals surface area contributed by atoms with Gasteiger partial charge < -0.3 is 14.5 Å². The number of pyridine rings is 2. The van der Waals surface area contributed by atoms with Crippen LogP contribution in [0.5, 0.6) is 0 Å². The van der Waals surface area contributed by atoms with Crippen molar-refractivity contribution in [3.8, 4) is 11.4 Å². The first-order valence-corrected chi connectivity index (χ1v) is 10.7. The monoisotopic (exact) mass is 407 g/mol. The second-order valence-corrected chi connectivity index (χ2v) is 8.64. The number of imidazole rings is 1. The first-order valence-electron chi connectivity index (χ1n) is 9.73. The van der Waals surface area contributed by atoms with E-state index in [0.29, 0.717) is 42.7 Å². The van der Waals surface area contributed by atoms with E-state index in [4.69, 9.17) is 0 Å². The van der Waals surface area contributed by atoms with Gasteiger partial charge >= 0.3 is 0 Å². The van der Waals surface area contributed by atoms with Gasteiger partial charge in [0.2, 0.25) is 5.91 Å². The molecule has 0 spiro atoms. The van der Waals surface area contributed by atoms with Crippen LogP contribution in [0, 0.1) is 5.92 Å². The summed E-state index contributed by atoms with van der Waals surface area (Å²) in [6.45, 7) is 2.04. The van der Waals surface area contributed by atoms with Gasteiger partial charge in [-0.25, -0.2) is 4.98 Å². The Morgan fingerprint density at radius 1 is 1.14 bits per heavy atom. The van der Waals surface area contributed by atoms with Gasteiger partial charge in [-0.1, -0.05) is 0 Å². The molecule has 5 rings (SSSR count). The minimum absolute atomic E-state index is 0.000157. The third-order valence-electron chi connectivity index (χ3n) is 5.72. The van der Waals surface area contributed by atoms with Gasteiger partial charge in [-0.05, 0) is 36.6 Å². The molecule has 0 aromatic carbocycles. The van der Waals surface area contributed by atoms with Crippen molar-refractivity contribution in [3.63, 3.8) is 0 Å². The molecule has 1 fully saturated rings. The lowest BCUT2D eigenvalue weighted by Gasteiger charge is -2.42. The summed E-state index contributed by atoms with van der Waals surface area (Å²) in [4.78, 5) is 40.1. The predicted molar refractivity (Wildman–Crippen MR) is 111 cm³/mol. The Morgan fingerprint density at radius 2 is 2.00 bits per heavy atom. The summed E-state index contributed by atoms with van der Waals surface area (Å²) in [6, 6.07) is 7.72. The summed E-state index contributed by atoms with van der Waals surface area (Å²) < 4.78 is 1.89. The van der Waals surface area contributed by atoms with Gasteiger partial charge in [-0.2, -0.15) is 0 Å². The van der Waals surface area contributed by atoms with Crippen molar-refractivity contribution in [1.29, 1.82) is 0 Å². The molecule has 0 aliphatic carbocycles. The summed E-state index contributed by atoms with van der Waals surface area (Å²) in [5.41, 5.74) is 1.63. The Kier molecular flexibility index (Phi) is 4.71. The Morgan fingerprint density at radius 3 is 2.79 bits per heavy atom. The number of carbonyl (C=O) groups excluding carboxylic acids is 1. The highest BCUT2D eigenvalue weighted by Gasteiger charge is 2.36. The highest BCUT2D eigenvalue weighted by Crippen LogP contribution is 2.36. The molecule has 2 aliphatic heterocycles. The maximum atomic E-state index is 13.0. The van der Waals surface area contributed by atoms with Crippen LogP contribution >= 0.6 is 11.8 Å². The van der Waals surface area contributed by atoms with Crippen LogP contribution in [-0.4, -0.2) is 49.2 Å². The van der Waals surface area contributed by atoms with Gasteiger partial charge in [0.05, 0.1) is 11.3 Å². The largest absolute Gasteiger partial charge is 0.344 e. The first kappa shape index (κ1) is 18.2. The molecule has 0 saturated carbocycles. The molecule has 148 valence electrons. The number of thioether (sulfide) groups is 1. The number of amides is 1. The third-order valence-corrected chi connectivity index (χ3v) is 6.72. The number of likely N-dealkylation sites (tertiary alicyclic amines) is 1. The van der Waals surface area contributed by atoms with E-state index in [9.17, 15) is 9.59 Å². The van der Waals surface area contributed by atoms with E-state index >= 15 is 0 Å². The number of hydrogen-bond donors (Lipinski definition) is 1. The summed E-state index contributed by atoms with van der Waals surface area (Å²) in [6.07, 6.45) is 7.89. The van der Waals surface area contributed by atoms with Crippen molar-refractivity contribution in [1.82, 2.24) is 24.4 Å². The number of nitrogens with one attached hydrogen (secondary N) is 1. The van der Waals surface area contributed by atoms with Crippen LogP contribution in [-0.2, 0) is 11.3 Å². The van der Waals surface area contributed by atoms with E-state index in [2.05, 4.69) is 15.0 Å². The SMILES string of the molecule is O=C(CSc1ccncc1)N1C[C@@H]2C[C@H](C1)c1ccc(-c3ncc[nH]3)c(=O)n1C2. The molecular weight excluding hydrogens is 386 g/mol. The van der Waals surface area contributed by atoms with Crippen LogP contribution in [0.25, 0.3) is 11.4 Å². The van der Waals surface area contributed by atoms with Gasteiger partial charge in [0.15, 0.2) is 0 Å². The summed E-state index contributed by atoms with van der Waals surface area (Å²) in [5.74, 6) is 1.69. The van der Waals surface area contributed by atoms with E-state index in [1.54, 1.807) is 36.5 Å². The molecule has 3 aromatic heterocycles. The second kappa shape index (κ2) is 7.51. The lowest BCUT2D eigenvalue weighted by molar-refractivity contribution is -0.131. The molecule has 2 aliphatic rings. The molecule has 2 atom stereocenters. The lowest BCUT2D eigenvalue weighted by Crippen LogP contribution is -2.49. The zero-order chi connectivity index (χ0) is 19.8. The molecule has 8 heteroatoms. The number of rotatable bonds is 4.